The molecule has 0 aromatic carbocycles. The third kappa shape index (κ3) is 3.78. The Balaban J connectivity index is 5.10. The summed E-state index contributed by atoms with van der Waals surface area (Å²) in [6.07, 6.45) is 3.18. The van der Waals surface area contributed by atoms with Gasteiger partial charge >= 0.3 is 0 Å². The van der Waals surface area contributed by atoms with Crippen molar-refractivity contribution in [2.24, 2.45) is 0 Å². The largest absolute Gasteiger partial charge is 0.0958 e. The molecule has 0 unspecified atom stereocenters. The van der Waals surface area contributed by atoms with Gasteiger partial charge in [0.15, 0.2) is 0 Å². The highest BCUT2D eigenvalue weighted by Crippen LogP contribution is 2.20. The topological polar surface area (TPSA) is 0 Å². The molecular weight excluding hydrogens is 168 g/mol. The lowest BCUT2D eigenvalue weighted by atomic mass is 9.97. The first-order valence-corrected chi connectivity index (χ1v) is 5.10. The van der Waals surface area contributed by atoms with Crippen molar-refractivity contribution in [3.05, 3.63) is 47.1 Å². The minimum Gasteiger partial charge on any atom is -0.0958 e. The van der Waals surface area contributed by atoms with Crippen molar-refractivity contribution < 1.29 is 0 Å². The molecule has 14 heavy (non-hydrogen) atoms. The highest BCUT2D eigenvalue weighted by molar-refractivity contribution is 5.45. The maximum atomic E-state index is 4.08. The van der Waals surface area contributed by atoms with Gasteiger partial charge in [0.25, 0.3) is 0 Å². The summed E-state index contributed by atoms with van der Waals surface area (Å²) in [6, 6.07) is 0. The zero-order valence-corrected chi connectivity index (χ0v) is 10.2. The molecule has 0 heterocycles. The van der Waals surface area contributed by atoms with Crippen LogP contribution in [0.2, 0.25) is 0 Å². The van der Waals surface area contributed by atoms with E-state index in [2.05, 4.69) is 46.9 Å². The van der Waals surface area contributed by atoms with Crippen LogP contribution in [0.15, 0.2) is 47.1 Å². The third-order valence-corrected chi connectivity index (χ3v) is 2.38. The first kappa shape index (κ1) is 13.0. The highest BCUT2D eigenvalue weighted by Gasteiger charge is 2.01. The molecule has 0 bridgehead atoms. The first-order chi connectivity index (χ1) is 6.40. The van der Waals surface area contributed by atoms with Crippen molar-refractivity contribution >= 4 is 0 Å². The standard InChI is InChI=1S/C14H22/c1-8-12(6)14(11(4)5)9-13(7)10(2)3/h9H,2,6,8H2,1,3-5,7H3/b13-9+. The summed E-state index contributed by atoms with van der Waals surface area (Å²) < 4.78 is 0. The third-order valence-electron chi connectivity index (χ3n) is 2.38. The van der Waals surface area contributed by atoms with Gasteiger partial charge < -0.3 is 0 Å². The molecule has 0 aliphatic heterocycles. The van der Waals surface area contributed by atoms with Crippen LogP contribution in [0.25, 0.3) is 0 Å². The molecule has 0 atom stereocenters. The Labute approximate surface area is 88.7 Å². The first-order valence-electron chi connectivity index (χ1n) is 5.10. The molecule has 0 aliphatic carbocycles. The van der Waals surface area contributed by atoms with Crippen LogP contribution in [0.5, 0.6) is 0 Å². The van der Waals surface area contributed by atoms with E-state index in [1.807, 2.05) is 6.92 Å². The van der Waals surface area contributed by atoms with Gasteiger partial charge in [0, 0.05) is 0 Å². The zero-order valence-electron chi connectivity index (χ0n) is 10.2. The van der Waals surface area contributed by atoms with E-state index in [1.165, 1.54) is 22.3 Å². The van der Waals surface area contributed by atoms with Crippen LogP contribution in [-0.4, -0.2) is 0 Å². The lowest BCUT2D eigenvalue weighted by molar-refractivity contribution is 1.11. The monoisotopic (exact) mass is 190 g/mol. The van der Waals surface area contributed by atoms with Gasteiger partial charge in [-0.2, -0.15) is 0 Å². The van der Waals surface area contributed by atoms with E-state index in [9.17, 15) is 0 Å². The molecule has 0 aliphatic rings. The predicted octanol–water partition coefficient (Wildman–Crippen LogP) is 4.81. The molecule has 78 valence electrons. The van der Waals surface area contributed by atoms with Gasteiger partial charge in [-0.1, -0.05) is 37.3 Å². The van der Waals surface area contributed by atoms with E-state index in [1.54, 1.807) is 0 Å². The molecule has 0 fully saturated rings. The molecule has 0 radical (unpaired) electrons. The quantitative estimate of drug-likeness (QED) is 0.558. The molecule has 0 saturated carbocycles. The molecular formula is C14H22. The maximum absolute atomic E-state index is 4.08. The highest BCUT2D eigenvalue weighted by atomic mass is 14.1. The average Bonchev–Trinajstić information content (AvgIpc) is 2.11. The fourth-order valence-corrected chi connectivity index (χ4v) is 1.13. The van der Waals surface area contributed by atoms with Gasteiger partial charge in [-0.3, -0.25) is 0 Å². The summed E-state index contributed by atoms with van der Waals surface area (Å²) in [7, 11) is 0. The van der Waals surface area contributed by atoms with E-state index >= 15 is 0 Å². The van der Waals surface area contributed by atoms with Gasteiger partial charge in [-0.05, 0) is 50.8 Å². The molecule has 0 N–H and O–H groups in total. The zero-order chi connectivity index (χ0) is 11.3. The van der Waals surface area contributed by atoms with E-state index in [0.717, 1.165) is 12.0 Å². The van der Waals surface area contributed by atoms with Crippen LogP contribution < -0.4 is 0 Å². The van der Waals surface area contributed by atoms with Crippen molar-refractivity contribution in [1.29, 1.82) is 0 Å². The predicted molar refractivity (Wildman–Crippen MR) is 66.4 cm³/mol. The molecule has 0 saturated heterocycles. The summed E-state index contributed by atoms with van der Waals surface area (Å²) in [4.78, 5) is 0. The number of hydrogen-bond acceptors (Lipinski definition) is 0. The summed E-state index contributed by atoms with van der Waals surface area (Å²) in [5.74, 6) is 0. The molecule has 0 aromatic heterocycles. The summed E-state index contributed by atoms with van der Waals surface area (Å²) >= 11 is 0. The molecule has 0 aromatic rings. The van der Waals surface area contributed by atoms with E-state index in [4.69, 9.17) is 0 Å². The van der Waals surface area contributed by atoms with Crippen LogP contribution in [-0.2, 0) is 0 Å². The minimum absolute atomic E-state index is 1.00. The summed E-state index contributed by atoms with van der Waals surface area (Å²) in [5.41, 5.74) is 6.14. The summed E-state index contributed by atoms with van der Waals surface area (Å²) in [5, 5.41) is 0. The molecule has 0 heteroatoms. The number of hydrogen-bond donors (Lipinski definition) is 0. The smallest absolute Gasteiger partial charge is 0.0241 e. The van der Waals surface area contributed by atoms with Crippen LogP contribution >= 0.6 is 0 Å². The van der Waals surface area contributed by atoms with Crippen LogP contribution in [0.4, 0.5) is 0 Å². The van der Waals surface area contributed by atoms with Crippen molar-refractivity contribution in [2.45, 2.75) is 41.0 Å². The Hall–Kier alpha value is -1.04. The van der Waals surface area contributed by atoms with Crippen LogP contribution in [0.1, 0.15) is 41.0 Å². The lowest BCUT2D eigenvalue weighted by Crippen LogP contribution is -1.89. The van der Waals surface area contributed by atoms with Crippen LogP contribution in [0.3, 0.4) is 0 Å². The normalized spacial score (nSPS) is 11.1. The SMILES string of the molecule is C=C(CC)C(/C=C(\C)C(=C)C)=C(C)C. The van der Waals surface area contributed by atoms with Gasteiger partial charge in [-0.15, -0.1) is 0 Å². The Bertz CT molecular complexity index is 294. The Morgan fingerprint density at radius 3 is 1.86 bits per heavy atom. The fraction of sp³-hybridized carbons (Fsp3) is 0.429. The van der Waals surface area contributed by atoms with Crippen molar-refractivity contribution in [1.82, 2.24) is 0 Å². The molecule has 0 rings (SSSR count). The molecule has 0 nitrogen and oxygen atoms in total. The van der Waals surface area contributed by atoms with Crippen molar-refractivity contribution in [3.63, 3.8) is 0 Å². The van der Waals surface area contributed by atoms with Gasteiger partial charge in [0.05, 0.1) is 0 Å². The van der Waals surface area contributed by atoms with Crippen molar-refractivity contribution in [3.8, 4) is 0 Å². The number of allylic oxidation sites excluding steroid dienone is 6. The Morgan fingerprint density at radius 1 is 1.07 bits per heavy atom. The average molecular weight is 190 g/mol. The molecule has 0 amide bonds. The van der Waals surface area contributed by atoms with Gasteiger partial charge in [0.2, 0.25) is 0 Å². The fourth-order valence-electron chi connectivity index (χ4n) is 1.13. The van der Waals surface area contributed by atoms with E-state index in [-0.39, 0.29) is 0 Å². The Morgan fingerprint density at radius 2 is 1.57 bits per heavy atom. The van der Waals surface area contributed by atoms with Gasteiger partial charge in [-0.25, -0.2) is 0 Å². The maximum Gasteiger partial charge on any atom is -0.0241 e. The lowest BCUT2D eigenvalue weighted by Gasteiger charge is -2.09. The second-order valence-corrected chi connectivity index (χ2v) is 3.98. The van der Waals surface area contributed by atoms with Crippen LogP contribution in [0, 0.1) is 0 Å². The van der Waals surface area contributed by atoms with E-state index in [0.29, 0.717) is 0 Å². The Kier molecular flexibility index (Phi) is 5.22. The van der Waals surface area contributed by atoms with Crippen molar-refractivity contribution in [2.75, 3.05) is 0 Å². The van der Waals surface area contributed by atoms with E-state index < -0.39 is 0 Å². The number of rotatable bonds is 4. The second kappa shape index (κ2) is 5.64. The minimum atomic E-state index is 1.00. The second-order valence-electron chi connectivity index (χ2n) is 3.98. The summed E-state index contributed by atoms with van der Waals surface area (Å²) in [6.45, 7) is 18.5. The molecule has 0 spiro atoms. The van der Waals surface area contributed by atoms with Gasteiger partial charge in [0.1, 0.15) is 0 Å².